The monoisotopic (exact) mass is 539 g/mol. The second kappa shape index (κ2) is 12.9. The zero-order valence-corrected chi connectivity index (χ0v) is 21.2. The number of nitrogens with one attached hydrogen (secondary N) is 3. The highest BCUT2D eigenvalue weighted by Gasteiger charge is 2.14. The third-order valence-electron chi connectivity index (χ3n) is 4.89. The van der Waals surface area contributed by atoms with E-state index in [2.05, 4.69) is 38.8 Å². The second-order valence-electron chi connectivity index (χ2n) is 7.47. The summed E-state index contributed by atoms with van der Waals surface area (Å²) >= 11 is 8.76. The molecule has 3 rings (SSSR count). The van der Waals surface area contributed by atoms with Crippen molar-refractivity contribution >= 4 is 50.8 Å². The molecule has 8 heteroatoms. The van der Waals surface area contributed by atoms with Gasteiger partial charge in [0.1, 0.15) is 5.75 Å². The molecule has 0 heterocycles. The molecule has 0 atom stereocenters. The maximum Gasteiger partial charge on any atom is 0.257 e. The predicted octanol–water partition coefficient (Wildman–Crippen LogP) is 5.68. The molecule has 0 bridgehead atoms. The summed E-state index contributed by atoms with van der Waals surface area (Å²) < 4.78 is 6.39. The molecule has 3 aromatic rings. The van der Waals surface area contributed by atoms with Crippen LogP contribution in [0.15, 0.2) is 77.3 Å². The van der Waals surface area contributed by atoms with Crippen LogP contribution in [0.4, 0.5) is 5.69 Å². The van der Waals surface area contributed by atoms with Crippen LogP contribution >= 0.6 is 28.1 Å². The van der Waals surface area contributed by atoms with Gasteiger partial charge in [-0.15, -0.1) is 0 Å². The highest BCUT2D eigenvalue weighted by Crippen LogP contribution is 2.26. The number of thiocarbonyl (C=S) groups is 1. The van der Waals surface area contributed by atoms with Crippen LogP contribution < -0.4 is 20.7 Å². The van der Waals surface area contributed by atoms with Crippen molar-refractivity contribution in [2.24, 2.45) is 0 Å². The maximum absolute atomic E-state index is 12.7. The third-order valence-corrected chi connectivity index (χ3v) is 5.72. The number of benzene rings is 3. The van der Waals surface area contributed by atoms with Crippen LogP contribution in [0.5, 0.6) is 5.75 Å². The fourth-order valence-electron chi connectivity index (χ4n) is 3.08. The molecule has 34 heavy (non-hydrogen) atoms. The Bertz CT molecular complexity index is 1160. The summed E-state index contributed by atoms with van der Waals surface area (Å²) in [5.74, 6) is 0.0640. The highest BCUT2D eigenvalue weighted by atomic mass is 79.9. The summed E-state index contributed by atoms with van der Waals surface area (Å²) in [6, 6.07) is 21.7. The third kappa shape index (κ3) is 7.40. The number of ether oxygens (including phenoxy) is 1. The van der Waals surface area contributed by atoms with Crippen molar-refractivity contribution in [3.05, 3.63) is 94.0 Å². The lowest BCUT2D eigenvalue weighted by atomic mass is 10.1. The first-order valence-corrected chi connectivity index (χ1v) is 12.1. The van der Waals surface area contributed by atoms with E-state index in [1.165, 1.54) is 0 Å². The van der Waals surface area contributed by atoms with Crippen molar-refractivity contribution in [2.75, 3.05) is 11.9 Å². The lowest BCUT2D eigenvalue weighted by molar-refractivity contribution is 0.0950. The summed E-state index contributed by atoms with van der Waals surface area (Å²) in [6.07, 6.45) is 2.00. The SMILES string of the molecule is CCCCOc1ccc(C(=O)NC(=S)Nc2ccccc2C(=O)NCc2ccccc2)cc1Br. The molecule has 0 aliphatic carbocycles. The molecule has 0 fully saturated rings. The van der Waals surface area contributed by atoms with E-state index in [1.54, 1.807) is 42.5 Å². The average molecular weight is 540 g/mol. The van der Waals surface area contributed by atoms with Crippen LogP contribution in [0.3, 0.4) is 0 Å². The molecule has 0 aromatic heterocycles. The normalized spacial score (nSPS) is 10.3. The molecule has 6 nitrogen and oxygen atoms in total. The van der Waals surface area contributed by atoms with Gasteiger partial charge in [-0.2, -0.15) is 0 Å². The Morgan fingerprint density at radius 1 is 0.971 bits per heavy atom. The number of hydrogen-bond donors (Lipinski definition) is 3. The van der Waals surface area contributed by atoms with Crippen molar-refractivity contribution < 1.29 is 14.3 Å². The van der Waals surface area contributed by atoms with Crippen molar-refractivity contribution in [2.45, 2.75) is 26.3 Å². The van der Waals surface area contributed by atoms with E-state index in [4.69, 9.17) is 17.0 Å². The average Bonchev–Trinajstić information content (AvgIpc) is 2.84. The first-order chi connectivity index (χ1) is 16.5. The Hall–Kier alpha value is -3.23. The quantitative estimate of drug-likeness (QED) is 0.240. The predicted molar refractivity (Wildman–Crippen MR) is 142 cm³/mol. The van der Waals surface area contributed by atoms with E-state index in [1.807, 2.05) is 30.3 Å². The molecular weight excluding hydrogens is 514 g/mol. The van der Waals surface area contributed by atoms with E-state index in [0.29, 0.717) is 40.2 Å². The number of para-hydroxylation sites is 1. The van der Waals surface area contributed by atoms with Crippen LogP contribution in [-0.4, -0.2) is 23.5 Å². The van der Waals surface area contributed by atoms with Crippen molar-refractivity contribution in [3.8, 4) is 5.75 Å². The zero-order valence-electron chi connectivity index (χ0n) is 18.8. The molecule has 0 spiro atoms. The Balaban J connectivity index is 1.60. The van der Waals surface area contributed by atoms with Gasteiger partial charge >= 0.3 is 0 Å². The molecule has 176 valence electrons. The lowest BCUT2D eigenvalue weighted by Gasteiger charge is -2.14. The number of halogens is 1. The van der Waals surface area contributed by atoms with E-state index in [0.717, 1.165) is 18.4 Å². The topological polar surface area (TPSA) is 79.5 Å². The van der Waals surface area contributed by atoms with Gasteiger partial charge in [0.25, 0.3) is 11.8 Å². The number of unbranched alkanes of at least 4 members (excludes halogenated alkanes) is 1. The molecule has 0 aliphatic heterocycles. The number of hydrogen-bond acceptors (Lipinski definition) is 4. The molecule has 0 saturated heterocycles. The summed E-state index contributed by atoms with van der Waals surface area (Å²) in [4.78, 5) is 25.4. The lowest BCUT2D eigenvalue weighted by Crippen LogP contribution is -2.35. The van der Waals surface area contributed by atoms with Gasteiger partial charge in [-0.3, -0.25) is 14.9 Å². The maximum atomic E-state index is 12.7. The first kappa shape index (κ1) is 25.4. The van der Waals surface area contributed by atoms with Gasteiger partial charge in [-0.05, 0) is 70.5 Å². The van der Waals surface area contributed by atoms with Crippen LogP contribution in [0.1, 0.15) is 46.0 Å². The Labute approximate surface area is 213 Å². The minimum Gasteiger partial charge on any atom is -0.492 e. The summed E-state index contributed by atoms with van der Waals surface area (Å²) in [5, 5.41) is 8.60. The van der Waals surface area contributed by atoms with Crippen molar-refractivity contribution in [3.63, 3.8) is 0 Å². The standard InChI is InChI=1S/C26H26BrN3O3S/c1-2-3-15-33-23-14-13-19(16-21(23)27)24(31)30-26(34)29-22-12-8-7-11-20(22)25(32)28-17-18-9-5-4-6-10-18/h4-14,16H,2-3,15,17H2,1H3,(H,28,32)(H2,29,30,31,34). The molecule has 0 saturated carbocycles. The van der Waals surface area contributed by atoms with Gasteiger partial charge in [0.05, 0.1) is 22.3 Å². The minimum absolute atomic E-state index is 0.0905. The fraction of sp³-hybridized carbons (Fsp3) is 0.192. The second-order valence-corrected chi connectivity index (χ2v) is 8.73. The highest BCUT2D eigenvalue weighted by molar-refractivity contribution is 9.10. The molecule has 2 amide bonds. The van der Waals surface area contributed by atoms with Crippen LogP contribution in [-0.2, 0) is 6.54 Å². The molecule has 3 aromatic carbocycles. The molecule has 0 radical (unpaired) electrons. The number of rotatable bonds is 9. The summed E-state index contributed by atoms with van der Waals surface area (Å²) in [5.41, 5.74) is 2.34. The number of amides is 2. The van der Waals surface area contributed by atoms with Gasteiger partial charge in [-0.25, -0.2) is 0 Å². The Morgan fingerprint density at radius 2 is 1.71 bits per heavy atom. The largest absolute Gasteiger partial charge is 0.492 e. The smallest absolute Gasteiger partial charge is 0.257 e. The number of carbonyl (C=O) groups excluding carboxylic acids is 2. The van der Waals surface area contributed by atoms with Crippen LogP contribution in [0, 0.1) is 0 Å². The van der Waals surface area contributed by atoms with Crippen molar-refractivity contribution in [1.82, 2.24) is 10.6 Å². The van der Waals surface area contributed by atoms with Crippen LogP contribution in [0.25, 0.3) is 0 Å². The summed E-state index contributed by atoms with van der Waals surface area (Å²) in [7, 11) is 0. The van der Waals surface area contributed by atoms with Gasteiger partial charge in [0, 0.05) is 12.1 Å². The van der Waals surface area contributed by atoms with Gasteiger partial charge in [0.15, 0.2) is 5.11 Å². The van der Waals surface area contributed by atoms with E-state index in [9.17, 15) is 9.59 Å². The van der Waals surface area contributed by atoms with Gasteiger partial charge < -0.3 is 15.4 Å². The zero-order chi connectivity index (χ0) is 24.3. The van der Waals surface area contributed by atoms with Crippen LogP contribution in [0.2, 0.25) is 0 Å². The summed E-state index contributed by atoms with van der Waals surface area (Å²) in [6.45, 7) is 3.12. The van der Waals surface area contributed by atoms with E-state index >= 15 is 0 Å². The van der Waals surface area contributed by atoms with Gasteiger partial charge in [-0.1, -0.05) is 55.8 Å². The first-order valence-electron chi connectivity index (χ1n) is 10.9. The van der Waals surface area contributed by atoms with E-state index in [-0.39, 0.29) is 16.9 Å². The fourth-order valence-corrected chi connectivity index (χ4v) is 3.77. The molecule has 0 unspecified atom stereocenters. The number of carbonyl (C=O) groups is 2. The Morgan fingerprint density at radius 3 is 2.44 bits per heavy atom. The molecule has 3 N–H and O–H groups in total. The van der Waals surface area contributed by atoms with E-state index < -0.39 is 0 Å². The van der Waals surface area contributed by atoms with Gasteiger partial charge in [0.2, 0.25) is 0 Å². The molecule has 0 aliphatic rings. The van der Waals surface area contributed by atoms with Crippen molar-refractivity contribution in [1.29, 1.82) is 0 Å². The Kier molecular flexibility index (Phi) is 9.61. The minimum atomic E-state index is -0.371. The number of anilines is 1. The molecular formula is C26H26BrN3O3S.